The molecule has 1 heterocycles. The van der Waals surface area contributed by atoms with Crippen molar-refractivity contribution in [3.8, 4) is 5.75 Å². The van der Waals surface area contributed by atoms with Crippen LogP contribution in [0.4, 0.5) is 23.7 Å². The van der Waals surface area contributed by atoms with Crippen LogP contribution < -0.4 is 15.4 Å². The molecule has 0 aromatic heterocycles. The number of rotatable bonds is 6. The molecule has 1 saturated heterocycles. The summed E-state index contributed by atoms with van der Waals surface area (Å²) < 4.78 is 43.1. The van der Waals surface area contributed by atoms with Gasteiger partial charge in [0, 0.05) is 6.54 Å². The fraction of sp³-hybridized carbons (Fsp3) is 0.364. The van der Waals surface area contributed by atoms with Crippen molar-refractivity contribution in [3.05, 3.63) is 59.7 Å². The van der Waals surface area contributed by atoms with Gasteiger partial charge in [0.1, 0.15) is 24.9 Å². The van der Waals surface area contributed by atoms with E-state index in [1.165, 1.54) is 4.90 Å². The van der Waals surface area contributed by atoms with Gasteiger partial charge in [-0.05, 0) is 43.0 Å². The molecule has 0 bridgehead atoms. The average Bonchev–Trinajstić information content (AvgIpc) is 3.22. The number of amides is 3. The standard InChI is InChI=1S/C22H24F3N3O3/c1-15-9-10-17(19(12-15)31-13-16-6-3-2-4-7-16)27-21(30)28-11-5-8-18(28)20(29)26-14-22(23,24)25/h2-4,6-7,9-10,12,18H,5,8,11,13-14H2,1H3,(H,26,29)(H,27,30). The van der Waals surface area contributed by atoms with Crippen molar-refractivity contribution >= 4 is 17.6 Å². The summed E-state index contributed by atoms with van der Waals surface area (Å²) in [5.74, 6) is -0.344. The van der Waals surface area contributed by atoms with Crippen LogP contribution in [0.1, 0.15) is 24.0 Å². The number of urea groups is 1. The number of aryl methyl sites for hydroxylation is 1. The molecule has 166 valence electrons. The van der Waals surface area contributed by atoms with Crippen molar-refractivity contribution in [1.29, 1.82) is 0 Å². The SMILES string of the molecule is Cc1ccc(NC(=O)N2CCCC2C(=O)NCC(F)(F)F)c(OCc2ccccc2)c1. The molecule has 2 aromatic carbocycles. The summed E-state index contributed by atoms with van der Waals surface area (Å²) in [6.45, 7) is 1.05. The fourth-order valence-corrected chi connectivity index (χ4v) is 3.36. The van der Waals surface area contributed by atoms with Gasteiger partial charge < -0.3 is 20.3 Å². The highest BCUT2D eigenvalue weighted by molar-refractivity contribution is 5.95. The molecule has 9 heteroatoms. The first-order valence-corrected chi connectivity index (χ1v) is 9.92. The van der Waals surface area contributed by atoms with Gasteiger partial charge in [0.05, 0.1) is 5.69 Å². The Hall–Kier alpha value is -3.23. The Kier molecular flexibility index (Phi) is 7.04. The van der Waals surface area contributed by atoms with E-state index in [-0.39, 0.29) is 6.54 Å². The number of benzene rings is 2. The molecule has 1 unspecified atom stereocenters. The summed E-state index contributed by atoms with van der Waals surface area (Å²) in [4.78, 5) is 26.2. The monoisotopic (exact) mass is 435 g/mol. The Morgan fingerprint density at radius 1 is 1.16 bits per heavy atom. The van der Waals surface area contributed by atoms with E-state index in [1.807, 2.05) is 48.6 Å². The molecule has 1 fully saturated rings. The Morgan fingerprint density at radius 3 is 2.61 bits per heavy atom. The molecule has 0 radical (unpaired) electrons. The first kappa shape index (κ1) is 22.5. The lowest BCUT2D eigenvalue weighted by Crippen LogP contribution is -2.49. The van der Waals surface area contributed by atoms with Crippen LogP contribution in [0.15, 0.2) is 48.5 Å². The summed E-state index contributed by atoms with van der Waals surface area (Å²) in [6.07, 6.45) is -3.67. The largest absolute Gasteiger partial charge is 0.487 e. The normalized spacial score (nSPS) is 16.1. The van der Waals surface area contributed by atoms with Gasteiger partial charge in [-0.3, -0.25) is 4.79 Å². The molecule has 6 nitrogen and oxygen atoms in total. The maximum atomic E-state index is 12.8. The minimum atomic E-state index is -4.51. The van der Waals surface area contributed by atoms with Crippen LogP contribution in [0.3, 0.4) is 0 Å². The number of alkyl halides is 3. The number of anilines is 1. The molecule has 0 aliphatic carbocycles. The van der Waals surface area contributed by atoms with E-state index < -0.39 is 30.7 Å². The number of nitrogens with one attached hydrogen (secondary N) is 2. The summed E-state index contributed by atoms with van der Waals surface area (Å²) in [7, 11) is 0. The molecular formula is C22H24F3N3O3. The molecule has 1 atom stereocenters. The lowest BCUT2D eigenvalue weighted by Gasteiger charge is -2.25. The van der Waals surface area contributed by atoms with Gasteiger partial charge in [-0.2, -0.15) is 13.2 Å². The highest BCUT2D eigenvalue weighted by Gasteiger charge is 2.36. The molecule has 2 N–H and O–H groups in total. The topological polar surface area (TPSA) is 70.7 Å². The van der Waals surface area contributed by atoms with Crippen LogP contribution in [-0.2, 0) is 11.4 Å². The van der Waals surface area contributed by atoms with Crippen molar-refractivity contribution in [2.45, 2.75) is 38.6 Å². The molecule has 3 amide bonds. The highest BCUT2D eigenvalue weighted by Crippen LogP contribution is 2.28. The summed E-state index contributed by atoms with van der Waals surface area (Å²) in [5, 5.41) is 4.59. The van der Waals surface area contributed by atoms with Gasteiger partial charge in [-0.1, -0.05) is 36.4 Å². The smallest absolute Gasteiger partial charge is 0.405 e. The summed E-state index contributed by atoms with van der Waals surface area (Å²) in [6, 6.07) is 13.3. The number of ether oxygens (including phenoxy) is 1. The number of likely N-dealkylation sites (tertiary alicyclic amines) is 1. The zero-order valence-corrected chi connectivity index (χ0v) is 17.0. The number of carbonyl (C=O) groups excluding carboxylic acids is 2. The van der Waals surface area contributed by atoms with Gasteiger partial charge in [-0.15, -0.1) is 0 Å². The number of hydrogen-bond acceptors (Lipinski definition) is 3. The molecule has 1 aliphatic heterocycles. The van der Waals surface area contributed by atoms with Crippen LogP contribution >= 0.6 is 0 Å². The molecule has 31 heavy (non-hydrogen) atoms. The van der Waals surface area contributed by atoms with E-state index in [4.69, 9.17) is 4.74 Å². The maximum absolute atomic E-state index is 12.8. The summed E-state index contributed by atoms with van der Waals surface area (Å²) in [5.41, 5.74) is 2.32. The quantitative estimate of drug-likeness (QED) is 0.713. The Morgan fingerprint density at radius 2 is 1.90 bits per heavy atom. The molecule has 3 rings (SSSR count). The van der Waals surface area contributed by atoms with E-state index in [0.717, 1.165) is 11.1 Å². The summed E-state index contributed by atoms with van der Waals surface area (Å²) >= 11 is 0. The van der Waals surface area contributed by atoms with Gasteiger partial charge in [0.2, 0.25) is 5.91 Å². The number of hydrogen-bond donors (Lipinski definition) is 2. The second-order valence-electron chi connectivity index (χ2n) is 7.39. The van der Waals surface area contributed by atoms with Gasteiger partial charge in [0.15, 0.2) is 0 Å². The first-order valence-electron chi connectivity index (χ1n) is 9.92. The van der Waals surface area contributed by atoms with E-state index in [9.17, 15) is 22.8 Å². The van der Waals surface area contributed by atoms with Crippen LogP contribution in [-0.4, -0.2) is 42.1 Å². The number of halogens is 3. The van der Waals surface area contributed by atoms with E-state index in [2.05, 4.69) is 5.32 Å². The van der Waals surface area contributed by atoms with E-state index in [0.29, 0.717) is 30.9 Å². The predicted octanol–water partition coefficient (Wildman–Crippen LogP) is 4.25. The Balaban J connectivity index is 1.67. The van der Waals surface area contributed by atoms with Gasteiger partial charge in [-0.25, -0.2) is 4.79 Å². The van der Waals surface area contributed by atoms with Gasteiger partial charge in [0.25, 0.3) is 0 Å². The minimum absolute atomic E-state index is 0.280. The lowest BCUT2D eigenvalue weighted by molar-refractivity contribution is -0.140. The first-order chi connectivity index (χ1) is 14.7. The lowest BCUT2D eigenvalue weighted by atomic mass is 10.2. The van der Waals surface area contributed by atoms with Crippen molar-refractivity contribution in [2.24, 2.45) is 0 Å². The number of carbonyl (C=O) groups is 2. The zero-order valence-electron chi connectivity index (χ0n) is 17.0. The van der Waals surface area contributed by atoms with E-state index in [1.54, 1.807) is 12.1 Å². The Bertz CT molecular complexity index is 919. The van der Waals surface area contributed by atoms with Crippen LogP contribution in [0.25, 0.3) is 0 Å². The molecule has 0 saturated carbocycles. The predicted molar refractivity (Wildman–Crippen MR) is 110 cm³/mol. The van der Waals surface area contributed by atoms with E-state index >= 15 is 0 Å². The average molecular weight is 435 g/mol. The molecule has 0 spiro atoms. The maximum Gasteiger partial charge on any atom is 0.405 e. The molecule has 1 aliphatic rings. The number of nitrogens with zero attached hydrogens (tertiary/aromatic N) is 1. The van der Waals surface area contributed by atoms with Crippen LogP contribution in [0.2, 0.25) is 0 Å². The second-order valence-corrected chi connectivity index (χ2v) is 7.39. The second kappa shape index (κ2) is 9.72. The fourth-order valence-electron chi connectivity index (χ4n) is 3.36. The molecule has 2 aromatic rings. The van der Waals surface area contributed by atoms with Crippen molar-refractivity contribution in [2.75, 3.05) is 18.4 Å². The minimum Gasteiger partial charge on any atom is -0.487 e. The third-order valence-corrected chi connectivity index (χ3v) is 4.90. The van der Waals surface area contributed by atoms with Crippen molar-refractivity contribution in [3.63, 3.8) is 0 Å². The van der Waals surface area contributed by atoms with Crippen molar-refractivity contribution in [1.82, 2.24) is 10.2 Å². The van der Waals surface area contributed by atoms with Crippen LogP contribution in [0, 0.1) is 6.92 Å². The van der Waals surface area contributed by atoms with Crippen LogP contribution in [0.5, 0.6) is 5.75 Å². The Labute approximate surface area is 178 Å². The van der Waals surface area contributed by atoms with Crippen molar-refractivity contribution < 1.29 is 27.5 Å². The third-order valence-electron chi connectivity index (χ3n) is 4.90. The highest BCUT2D eigenvalue weighted by atomic mass is 19.4. The third kappa shape index (κ3) is 6.37. The van der Waals surface area contributed by atoms with Gasteiger partial charge >= 0.3 is 12.2 Å². The molecular weight excluding hydrogens is 411 g/mol. The zero-order chi connectivity index (χ0) is 22.4.